The second-order valence-electron chi connectivity index (χ2n) is 3.31. The van der Waals surface area contributed by atoms with Gasteiger partial charge in [-0.25, -0.2) is 0 Å². The number of carboxylic acid groups (broad SMARTS) is 1. The summed E-state index contributed by atoms with van der Waals surface area (Å²) >= 11 is 0. The van der Waals surface area contributed by atoms with Crippen LogP contribution in [0, 0.1) is 5.92 Å². The Morgan fingerprint density at radius 1 is 1.75 bits per heavy atom. The van der Waals surface area contributed by atoms with Crippen molar-refractivity contribution in [3.63, 3.8) is 0 Å². The highest BCUT2D eigenvalue weighted by molar-refractivity contribution is 5.81. The molecule has 1 saturated heterocycles. The van der Waals surface area contributed by atoms with Crippen molar-refractivity contribution in [1.82, 2.24) is 4.90 Å². The molecule has 0 saturated carbocycles. The molecule has 0 aliphatic carbocycles. The van der Waals surface area contributed by atoms with Gasteiger partial charge in [-0.05, 0) is 12.3 Å². The Bertz CT molecular complexity index is 202. The lowest BCUT2D eigenvalue weighted by molar-refractivity contribution is -0.146. The lowest BCUT2D eigenvalue weighted by Crippen LogP contribution is -2.41. The van der Waals surface area contributed by atoms with Crippen molar-refractivity contribution in [2.45, 2.75) is 19.8 Å². The van der Waals surface area contributed by atoms with Crippen LogP contribution in [0.5, 0.6) is 0 Å². The topological polar surface area (TPSA) is 57.6 Å². The summed E-state index contributed by atoms with van der Waals surface area (Å²) in [7, 11) is 0. The third kappa shape index (κ3) is 2.22. The number of hydrogen-bond acceptors (Lipinski definition) is 2. The van der Waals surface area contributed by atoms with E-state index >= 15 is 0 Å². The number of carbonyl (C=O) groups excluding carboxylic acids is 1. The maximum Gasteiger partial charge on any atom is 0.323 e. The van der Waals surface area contributed by atoms with Gasteiger partial charge in [0.25, 0.3) is 0 Å². The number of rotatable bonds is 2. The Balaban J connectivity index is 2.45. The summed E-state index contributed by atoms with van der Waals surface area (Å²) in [5, 5.41) is 8.46. The van der Waals surface area contributed by atoms with Gasteiger partial charge in [-0.15, -0.1) is 0 Å². The Morgan fingerprint density at radius 3 is 2.92 bits per heavy atom. The Kier molecular flexibility index (Phi) is 2.68. The van der Waals surface area contributed by atoms with Crippen LogP contribution in [0.1, 0.15) is 19.8 Å². The molecule has 0 bridgehead atoms. The van der Waals surface area contributed by atoms with Gasteiger partial charge in [0.05, 0.1) is 0 Å². The molecule has 1 atom stereocenters. The van der Waals surface area contributed by atoms with Crippen LogP contribution in [0.3, 0.4) is 0 Å². The minimum Gasteiger partial charge on any atom is -0.480 e. The summed E-state index contributed by atoms with van der Waals surface area (Å²) in [6, 6.07) is 0. The van der Waals surface area contributed by atoms with Gasteiger partial charge in [-0.1, -0.05) is 6.92 Å². The monoisotopic (exact) mass is 171 g/mol. The van der Waals surface area contributed by atoms with E-state index < -0.39 is 5.97 Å². The van der Waals surface area contributed by atoms with Crippen LogP contribution >= 0.6 is 0 Å². The number of aliphatic carboxylic acids is 1. The van der Waals surface area contributed by atoms with Gasteiger partial charge in [0, 0.05) is 13.0 Å². The van der Waals surface area contributed by atoms with Crippen LogP contribution in [0.2, 0.25) is 0 Å². The summed E-state index contributed by atoms with van der Waals surface area (Å²) in [6.45, 7) is 2.45. The molecule has 1 aliphatic rings. The quantitative estimate of drug-likeness (QED) is 0.651. The lowest BCUT2D eigenvalue weighted by Gasteiger charge is -2.28. The number of nitrogens with zero attached hydrogens (tertiary/aromatic N) is 1. The van der Waals surface area contributed by atoms with Crippen molar-refractivity contribution in [3.8, 4) is 0 Å². The average molecular weight is 171 g/mol. The van der Waals surface area contributed by atoms with Gasteiger partial charge in [0.15, 0.2) is 0 Å². The van der Waals surface area contributed by atoms with Crippen LogP contribution in [0.25, 0.3) is 0 Å². The molecule has 1 unspecified atom stereocenters. The molecular weight excluding hydrogens is 158 g/mol. The lowest BCUT2D eigenvalue weighted by atomic mass is 9.99. The largest absolute Gasteiger partial charge is 0.480 e. The fourth-order valence-corrected chi connectivity index (χ4v) is 1.36. The van der Waals surface area contributed by atoms with Crippen LogP contribution in [-0.4, -0.2) is 35.0 Å². The first kappa shape index (κ1) is 9.03. The first-order chi connectivity index (χ1) is 5.59. The number of piperidine rings is 1. The van der Waals surface area contributed by atoms with Crippen LogP contribution in [-0.2, 0) is 9.59 Å². The Hall–Kier alpha value is -1.06. The smallest absolute Gasteiger partial charge is 0.323 e. The molecule has 0 aromatic heterocycles. The molecular formula is C8H13NO3. The van der Waals surface area contributed by atoms with Gasteiger partial charge in [-0.3, -0.25) is 9.59 Å². The number of carbonyl (C=O) groups is 2. The average Bonchev–Trinajstić information content (AvgIpc) is 1.94. The predicted molar refractivity (Wildman–Crippen MR) is 42.6 cm³/mol. The Morgan fingerprint density at radius 2 is 2.42 bits per heavy atom. The standard InChI is InChI=1S/C8H13NO3/c1-6-2-3-9(5-8(11)12)7(10)4-6/h6H,2-5H2,1H3,(H,11,12). The zero-order valence-corrected chi connectivity index (χ0v) is 7.12. The number of likely N-dealkylation sites (tertiary alicyclic amines) is 1. The minimum atomic E-state index is -0.932. The van der Waals surface area contributed by atoms with Crippen molar-refractivity contribution in [3.05, 3.63) is 0 Å². The third-order valence-electron chi connectivity index (χ3n) is 2.09. The van der Waals surface area contributed by atoms with Crippen LogP contribution in [0.15, 0.2) is 0 Å². The zero-order chi connectivity index (χ0) is 9.14. The molecule has 12 heavy (non-hydrogen) atoms. The highest BCUT2D eigenvalue weighted by atomic mass is 16.4. The highest BCUT2D eigenvalue weighted by Gasteiger charge is 2.24. The summed E-state index contributed by atoms with van der Waals surface area (Å²) in [5.41, 5.74) is 0. The van der Waals surface area contributed by atoms with Crippen molar-refractivity contribution in [1.29, 1.82) is 0 Å². The van der Waals surface area contributed by atoms with Crippen molar-refractivity contribution in [2.75, 3.05) is 13.1 Å². The molecule has 1 rings (SSSR count). The molecule has 0 aromatic rings. The molecule has 0 spiro atoms. The maximum absolute atomic E-state index is 11.2. The number of hydrogen-bond donors (Lipinski definition) is 1. The molecule has 68 valence electrons. The highest BCUT2D eigenvalue weighted by Crippen LogP contribution is 2.16. The second-order valence-corrected chi connectivity index (χ2v) is 3.31. The molecule has 1 N–H and O–H groups in total. The summed E-state index contributed by atoms with van der Waals surface area (Å²) in [5.74, 6) is -0.559. The van der Waals surface area contributed by atoms with E-state index in [2.05, 4.69) is 0 Å². The van der Waals surface area contributed by atoms with E-state index in [1.165, 1.54) is 4.90 Å². The zero-order valence-electron chi connectivity index (χ0n) is 7.12. The normalized spacial score (nSPS) is 24.2. The van der Waals surface area contributed by atoms with Crippen LogP contribution < -0.4 is 0 Å². The molecule has 1 fully saturated rings. The van der Waals surface area contributed by atoms with Crippen molar-refractivity contribution < 1.29 is 14.7 Å². The van der Waals surface area contributed by atoms with E-state index in [9.17, 15) is 9.59 Å². The molecule has 1 amide bonds. The van der Waals surface area contributed by atoms with Gasteiger partial charge in [0.2, 0.25) is 5.91 Å². The SMILES string of the molecule is CC1CCN(CC(=O)O)C(=O)C1. The molecule has 4 nitrogen and oxygen atoms in total. The third-order valence-corrected chi connectivity index (χ3v) is 2.09. The van der Waals surface area contributed by atoms with E-state index in [1.807, 2.05) is 6.92 Å². The molecule has 1 aliphatic heterocycles. The predicted octanol–water partition coefficient (Wildman–Crippen LogP) is 0.329. The van der Waals surface area contributed by atoms with Crippen molar-refractivity contribution >= 4 is 11.9 Å². The van der Waals surface area contributed by atoms with Crippen molar-refractivity contribution in [2.24, 2.45) is 5.92 Å². The first-order valence-electron chi connectivity index (χ1n) is 4.09. The summed E-state index contributed by atoms with van der Waals surface area (Å²) in [4.78, 5) is 22.9. The van der Waals surface area contributed by atoms with E-state index in [0.717, 1.165) is 6.42 Å². The maximum atomic E-state index is 11.2. The van der Waals surface area contributed by atoms with Gasteiger partial charge < -0.3 is 10.0 Å². The minimum absolute atomic E-state index is 0.0313. The second kappa shape index (κ2) is 3.56. The van der Waals surface area contributed by atoms with E-state index in [4.69, 9.17) is 5.11 Å². The van der Waals surface area contributed by atoms with E-state index in [-0.39, 0.29) is 12.5 Å². The fraction of sp³-hybridized carbons (Fsp3) is 0.750. The van der Waals surface area contributed by atoms with Crippen LogP contribution in [0.4, 0.5) is 0 Å². The number of amides is 1. The van der Waals surface area contributed by atoms with E-state index in [0.29, 0.717) is 18.9 Å². The molecule has 0 radical (unpaired) electrons. The molecule has 0 aromatic carbocycles. The number of carboxylic acids is 1. The molecule has 4 heteroatoms. The Labute approximate surface area is 71.2 Å². The first-order valence-corrected chi connectivity index (χ1v) is 4.09. The van der Waals surface area contributed by atoms with Gasteiger partial charge in [-0.2, -0.15) is 0 Å². The van der Waals surface area contributed by atoms with Gasteiger partial charge >= 0.3 is 5.97 Å². The summed E-state index contributed by atoms with van der Waals surface area (Å²) < 4.78 is 0. The van der Waals surface area contributed by atoms with E-state index in [1.54, 1.807) is 0 Å². The molecule has 1 heterocycles. The van der Waals surface area contributed by atoms with Gasteiger partial charge in [0.1, 0.15) is 6.54 Å². The summed E-state index contributed by atoms with van der Waals surface area (Å²) in [6.07, 6.45) is 1.41. The fourth-order valence-electron chi connectivity index (χ4n) is 1.36.